The van der Waals surface area contributed by atoms with Crippen LogP contribution in [0.5, 0.6) is 0 Å². The summed E-state index contributed by atoms with van der Waals surface area (Å²) in [5, 5.41) is 8.88. The molecular formula is C13H17BrFNO4S. The van der Waals surface area contributed by atoms with E-state index in [1.54, 1.807) is 0 Å². The molecule has 0 aliphatic heterocycles. The molecule has 0 radical (unpaired) electrons. The minimum atomic E-state index is -4.07. The van der Waals surface area contributed by atoms with Gasteiger partial charge in [0.15, 0.2) is 5.82 Å². The van der Waals surface area contributed by atoms with Gasteiger partial charge in [-0.05, 0) is 18.6 Å². The van der Waals surface area contributed by atoms with E-state index in [0.717, 1.165) is 31.4 Å². The lowest BCUT2D eigenvalue weighted by Gasteiger charge is -2.10. The molecule has 0 spiro atoms. The van der Waals surface area contributed by atoms with Crippen LogP contribution in [0.15, 0.2) is 21.5 Å². The first-order valence-corrected chi connectivity index (χ1v) is 8.79. The van der Waals surface area contributed by atoms with Gasteiger partial charge in [0.2, 0.25) is 10.0 Å². The number of nitrogens with one attached hydrogen (secondary N) is 1. The predicted octanol–water partition coefficient (Wildman–Crippen LogP) is 3.15. The summed E-state index contributed by atoms with van der Waals surface area (Å²) in [4.78, 5) is 10.2. The van der Waals surface area contributed by atoms with Crippen LogP contribution in [0.25, 0.3) is 0 Å². The van der Waals surface area contributed by atoms with Crippen molar-refractivity contribution >= 4 is 31.9 Å². The van der Waals surface area contributed by atoms with E-state index in [-0.39, 0.29) is 11.0 Å². The van der Waals surface area contributed by atoms with Gasteiger partial charge in [-0.25, -0.2) is 22.3 Å². The van der Waals surface area contributed by atoms with E-state index >= 15 is 0 Å². The third kappa shape index (κ3) is 5.05. The molecule has 1 aromatic carbocycles. The Balaban J connectivity index is 2.95. The maximum Gasteiger partial charge on any atom is 0.338 e. The Hall–Kier alpha value is -0.990. The van der Waals surface area contributed by atoms with Crippen LogP contribution in [0.1, 0.15) is 43.0 Å². The Bertz CT molecular complexity index is 619. The highest BCUT2D eigenvalue weighted by atomic mass is 79.9. The van der Waals surface area contributed by atoms with Gasteiger partial charge in [-0.15, -0.1) is 0 Å². The smallest absolute Gasteiger partial charge is 0.338 e. The second kappa shape index (κ2) is 7.86. The number of hydrogen-bond donors (Lipinski definition) is 2. The molecular weight excluding hydrogens is 365 g/mol. The molecule has 0 heterocycles. The molecule has 0 fully saturated rings. The van der Waals surface area contributed by atoms with E-state index in [9.17, 15) is 17.6 Å². The fourth-order valence-electron chi connectivity index (χ4n) is 1.75. The number of carboxylic acids is 1. The van der Waals surface area contributed by atoms with Crippen LogP contribution in [0.3, 0.4) is 0 Å². The Labute approximate surface area is 131 Å². The fourth-order valence-corrected chi connectivity index (χ4v) is 3.56. The van der Waals surface area contributed by atoms with Crippen molar-refractivity contribution in [3.63, 3.8) is 0 Å². The summed E-state index contributed by atoms with van der Waals surface area (Å²) in [6.07, 6.45) is 3.54. The highest BCUT2D eigenvalue weighted by Crippen LogP contribution is 2.24. The number of unbranched alkanes of at least 4 members (excludes halogenated alkanes) is 3. The van der Waals surface area contributed by atoms with Crippen LogP contribution in [0, 0.1) is 5.82 Å². The summed E-state index contributed by atoms with van der Waals surface area (Å²) in [6, 6.07) is 2.08. The van der Waals surface area contributed by atoms with E-state index in [1.807, 2.05) is 6.92 Å². The molecule has 0 bridgehead atoms. The first kappa shape index (κ1) is 18.1. The normalized spacial score (nSPS) is 11.6. The summed E-state index contributed by atoms with van der Waals surface area (Å²) in [5.74, 6) is -2.78. The second-order valence-corrected chi connectivity index (χ2v) is 7.18. The van der Waals surface area contributed by atoms with Gasteiger partial charge in [-0.1, -0.05) is 42.1 Å². The number of rotatable bonds is 8. The first-order chi connectivity index (χ1) is 9.79. The van der Waals surface area contributed by atoms with Crippen molar-refractivity contribution in [2.75, 3.05) is 6.54 Å². The molecule has 0 saturated carbocycles. The molecule has 0 amide bonds. The number of hydrogen-bond acceptors (Lipinski definition) is 3. The number of sulfonamides is 1. The average molecular weight is 382 g/mol. The molecule has 0 aliphatic rings. The van der Waals surface area contributed by atoms with Crippen LogP contribution in [0.4, 0.5) is 4.39 Å². The van der Waals surface area contributed by atoms with Crippen molar-refractivity contribution in [1.29, 1.82) is 0 Å². The number of carboxylic acid groups (broad SMARTS) is 1. The molecule has 21 heavy (non-hydrogen) atoms. The van der Waals surface area contributed by atoms with Crippen LogP contribution in [-0.4, -0.2) is 26.0 Å². The van der Waals surface area contributed by atoms with Gasteiger partial charge in [0, 0.05) is 11.0 Å². The van der Waals surface area contributed by atoms with Gasteiger partial charge in [0.05, 0.1) is 5.56 Å². The van der Waals surface area contributed by atoms with Crippen molar-refractivity contribution in [2.24, 2.45) is 0 Å². The molecule has 5 nitrogen and oxygen atoms in total. The quantitative estimate of drug-likeness (QED) is 0.677. The summed E-state index contributed by atoms with van der Waals surface area (Å²) >= 11 is 2.99. The summed E-state index contributed by atoms with van der Waals surface area (Å²) in [6.45, 7) is 2.23. The number of benzene rings is 1. The lowest BCUT2D eigenvalue weighted by Crippen LogP contribution is -2.26. The molecule has 0 saturated heterocycles. The van der Waals surface area contributed by atoms with Crippen molar-refractivity contribution in [1.82, 2.24) is 4.72 Å². The fraction of sp³-hybridized carbons (Fsp3) is 0.462. The largest absolute Gasteiger partial charge is 0.478 e. The van der Waals surface area contributed by atoms with Crippen LogP contribution >= 0.6 is 15.9 Å². The SMILES string of the molecule is CCCCCCNS(=O)(=O)c1cc(Br)cc(C(=O)O)c1F. The summed E-state index contributed by atoms with van der Waals surface area (Å²) in [7, 11) is -4.07. The molecule has 8 heteroatoms. The highest BCUT2D eigenvalue weighted by Gasteiger charge is 2.24. The van der Waals surface area contributed by atoms with Gasteiger partial charge < -0.3 is 5.11 Å². The monoisotopic (exact) mass is 381 g/mol. The van der Waals surface area contributed by atoms with Crippen molar-refractivity contribution in [3.05, 3.63) is 28.0 Å². The molecule has 1 aromatic rings. The maximum absolute atomic E-state index is 14.0. The van der Waals surface area contributed by atoms with Gasteiger partial charge in [-0.2, -0.15) is 0 Å². The zero-order valence-electron chi connectivity index (χ0n) is 11.5. The third-order valence-electron chi connectivity index (χ3n) is 2.85. The van der Waals surface area contributed by atoms with Gasteiger partial charge in [0.25, 0.3) is 0 Å². The van der Waals surface area contributed by atoms with E-state index in [4.69, 9.17) is 5.11 Å². The van der Waals surface area contributed by atoms with Crippen molar-refractivity contribution < 1.29 is 22.7 Å². The average Bonchev–Trinajstić information content (AvgIpc) is 2.40. The van der Waals surface area contributed by atoms with Gasteiger partial charge >= 0.3 is 5.97 Å². The number of aromatic carboxylic acids is 1. The Morgan fingerprint density at radius 2 is 2.00 bits per heavy atom. The van der Waals surface area contributed by atoms with Gasteiger partial charge in [-0.3, -0.25) is 0 Å². The highest BCUT2D eigenvalue weighted by molar-refractivity contribution is 9.10. The lowest BCUT2D eigenvalue weighted by molar-refractivity contribution is 0.0691. The van der Waals surface area contributed by atoms with Crippen LogP contribution in [0.2, 0.25) is 0 Å². The Morgan fingerprint density at radius 1 is 1.33 bits per heavy atom. The molecule has 118 valence electrons. The molecule has 0 atom stereocenters. The molecule has 0 aromatic heterocycles. The predicted molar refractivity (Wildman–Crippen MR) is 80.4 cm³/mol. The summed E-state index contributed by atoms with van der Waals surface area (Å²) < 4.78 is 40.6. The second-order valence-electron chi connectivity index (χ2n) is 4.53. The van der Waals surface area contributed by atoms with E-state index < -0.39 is 32.3 Å². The van der Waals surface area contributed by atoms with Gasteiger partial charge in [0.1, 0.15) is 4.90 Å². The maximum atomic E-state index is 14.0. The zero-order chi connectivity index (χ0) is 16.0. The minimum absolute atomic E-state index is 0.188. The molecule has 1 rings (SSSR count). The van der Waals surface area contributed by atoms with E-state index in [0.29, 0.717) is 6.42 Å². The Morgan fingerprint density at radius 3 is 2.57 bits per heavy atom. The molecule has 0 aliphatic carbocycles. The van der Waals surface area contributed by atoms with E-state index in [2.05, 4.69) is 20.7 Å². The van der Waals surface area contributed by atoms with Crippen LogP contribution < -0.4 is 4.72 Å². The van der Waals surface area contributed by atoms with Crippen molar-refractivity contribution in [3.8, 4) is 0 Å². The van der Waals surface area contributed by atoms with Crippen LogP contribution in [-0.2, 0) is 10.0 Å². The topological polar surface area (TPSA) is 83.5 Å². The summed E-state index contributed by atoms with van der Waals surface area (Å²) in [5.41, 5.74) is -0.685. The molecule has 0 unspecified atom stereocenters. The van der Waals surface area contributed by atoms with Crippen molar-refractivity contribution in [2.45, 2.75) is 37.5 Å². The first-order valence-electron chi connectivity index (χ1n) is 6.51. The molecule has 2 N–H and O–H groups in total. The lowest BCUT2D eigenvalue weighted by atomic mass is 10.2. The third-order valence-corrected chi connectivity index (χ3v) is 4.76. The Kier molecular flexibility index (Phi) is 6.76. The standard InChI is InChI=1S/C13H17BrFNO4S/c1-2-3-4-5-6-16-21(19,20)11-8-9(14)7-10(12(11)15)13(17)18/h7-8,16H,2-6H2,1H3,(H,17,18). The van der Waals surface area contributed by atoms with E-state index in [1.165, 1.54) is 0 Å². The zero-order valence-corrected chi connectivity index (χ0v) is 13.9. The number of halogens is 2. The minimum Gasteiger partial charge on any atom is -0.478 e. The number of carbonyl (C=O) groups is 1.